The third-order valence-corrected chi connectivity index (χ3v) is 4.65. The second kappa shape index (κ2) is 7.80. The zero-order valence-corrected chi connectivity index (χ0v) is 13.2. The number of aryl methyl sites for hydroxylation is 1. The van der Waals surface area contributed by atoms with Gasteiger partial charge in [0.15, 0.2) is 0 Å². The molecule has 0 saturated carbocycles. The Balaban J connectivity index is 1.78. The molecule has 1 heterocycles. The van der Waals surface area contributed by atoms with Gasteiger partial charge in [0.25, 0.3) is 0 Å². The summed E-state index contributed by atoms with van der Waals surface area (Å²) in [5.41, 5.74) is 4.26. The van der Waals surface area contributed by atoms with Crippen LogP contribution < -0.4 is 11.3 Å². The molecular weight excluding hydrogens is 320 g/mol. The molecule has 19 heavy (non-hydrogen) atoms. The predicted octanol–water partition coefficient (Wildman–Crippen LogP) is 3.91. The van der Waals surface area contributed by atoms with E-state index in [1.807, 2.05) is 11.3 Å². The lowest BCUT2D eigenvalue weighted by Gasteiger charge is -2.15. The molecular formula is C15H19BrN2S. The van der Waals surface area contributed by atoms with E-state index in [0.29, 0.717) is 6.04 Å². The normalized spacial score (nSPS) is 12.5. The van der Waals surface area contributed by atoms with Crippen LogP contribution in [0.1, 0.15) is 23.3 Å². The first-order valence-corrected chi connectivity index (χ1v) is 8.18. The summed E-state index contributed by atoms with van der Waals surface area (Å²) in [6.07, 6.45) is 4.40. The summed E-state index contributed by atoms with van der Waals surface area (Å²) < 4.78 is 1.12. The Morgan fingerprint density at radius 3 is 2.63 bits per heavy atom. The molecule has 4 heteroatoms. The number of halogens is 1. The molecule has 3 N–H and O–H groups in total. The Hall–Kier alpha value is -0.680. The fourth-order valence-electron chi connectivity index (χ4n) is 2.13. The highest BCUT2D eigenvalue weighted by molar-refractivity contribution is 9.10. The molecule has 0 aliphatic rings. The van der Waals surface area contributed by atoms with Crippen molar-refractivity contribution in [2.24, 2.45) is 5.84 Å². The molecule has 1 aromatic carbocycles. The summed E-state index contributed by atoms with van der Waals surface area (Å²) in [6, 6.07) is 13.1. The van der Waals surface area contributed by atoms with Gasteiger partial charge in [-0.05, 0) is 54.8 Å². The Bertz CT molecular complexity index is 467. The van der Waals surface area contributed by atoms with Crippen LogP contribution >= 0.6 is 27.3 Å². The fourth-order valence-corrected chi connectivity index (χ4v) is 3.14. The summed E-state index contributed by atoms with van der Waals surface area (Å²) in [5.74, 6) is 5.65. The van der Waals surface area contributed by atoms with Gasteiger partial charge in [0.1, 0.15) is 0 Å². The molecule has 1 unspecified atom stereocenters. The van der Waals surface area contributed by atoms with Gasteiger partial charge >= 0.3 is 0 Å². The van der Waals surface area contributed by atoms with Crippen molar-refractivity contribution in [3.8, 4) is 0 Å². The molecule has 1 atom stereocenters. The lowest BCUT2D eigenvalue weighted by Crippen LogP contribution is -2.36. The highest BCUT2D eigenvalue weighted by Crippen LogP contribution is 2.15. The van der Waals surface area contributed by atoms with Gasteiger partial charge in [-0.2, -0.15) is 0 Å². The molecule has 0 aliphatic carbocycles. The van der Waals surface area contributed by atoms with Crippen LogP contribution in [0.25, 0.3) is 0 Å². The zero-order chi connectivity index (χ0) is 13.5. The van der Waals surface area contributed by atoms with Gasteiger partial charge in [-0.1, -0.05) is 34.1 Å². The number of hydrogen-bond acceptors (Lipinski definition) is 3. The average molecular weight is 339 g/mol. The minimum absolute atomic E-state index is 0.348. The molecule has 2 rings (SSSR count). The lowest BCUT2D eigenvalue weighted by molar-refractivity contribution is 0.477. The Labute approximate surface area is 127 Å². The van der Waals surface area contributed by atoms with Crippen LogP contribution in [0, 0.1) is 0 Å². The van der Waals surface area contributed by atoms with Crippen LogP contribution in [0.15, 0.2) is 46.3 Å². The molecule has 0 spiro atoms. The maximum Gasteiger partial charge on any atom is 0.0251 e. The van der Waals surface area contributed by atoms with Crippen molar-refractivity contribution in [3.63, 3.8) is 0 Å². The van der Waals surface area contributed by atoms with E-state index in [-0.39, 0.29) is 0 Å². The van der Waals surface area contributed by atoms with Crippen molar-refractivity contribution in [1.29, 1.82) is 0 Å². The molecule has 0 amide bonds. The van der Waals surface area contributed by atoms with Gasteiger partial charge < -0.3 is 0 Å². The fraction of sp³-hybridized carbons (Fsp3) is 0.333. The van der Waals surface area contributed by atoms with Crippen LogP contribution in [-0.2, 0) is 12.8 Å². The number of hydrazine groups is 1. The molecule has 102 valence electrons. The monoisotopic (exact) mass is 338 g/mol. The van der Waals surface area contributed by atoms with Crippen molar-refractivity contribution in [1.82, 2.24) is 5.43 Å². The predicted molar refractivity (Wildman–Crippen MR) is 86.2 cm³/mol. The van der Waals surface area contributed by atoms with E-state index in [0.717, 1.165) is 23.7 Å². The summed E-state index contributed by atoms with van der Waals surface area (Å²) in [5, 5.41) is 2.13. The second-order valence-corrected chi connectivity index (χ2v) is 6.61. The summed E-state index contributed by atoms with van der Waals surface area (Å²) in [7, 11) is 0. The highest BCUT2D eigenvalue weighted by atomic mass is 79.9. The van der Waals surface area contributed by atoms with Crippen molar-refractivity contribution in [2.45, 2.75) is 31.7 Å². The molecule has 0 aliphatic heterocycles. The maximum absolute atomic E-state index is 5.65. The molecule has 0 bridgehead atoms. The minimum atomic E-state index is 0.348. The maximum atomic E-state index is 5.65. The van der Waals surface area contributed by atoms with Crippen molar-refractivity contribution >= 4 is 27.3 Å². The van der Waals surface area contributed by atoms with E-state index >= 15 is 0 Å². The third-order valence-electron chi connectivity index (χ3n) is 3.19. The molecule has 1 aromatic heterocycles. The van der Waals surface area contributed by atoms with Crippen molar-refractivity contribution in [2.75, 3.05) is 0 Å². The number of nitrogens with one attached hydrogen (secondary N) is 1. The van der Waals surface area contributed by atoms with Gasteiger partial charge in [-0.25, -0.2) is 0 Å². The summed E-state index contributed by atoms with van der Waals surface area (Å²) in [4.78, 5) is 1.46. The molecule has 0 saturated heterocycles. The van der Waals surface area contributed by atoms with E-state index in [1.165, 1.54) is 16.9 Å². The molecule has 0 radical (unpaired) electrons. The molecule has 0 fully saturated rings. The minimum Gasteiger partial charge on any atom is -0.271 e. The van der Waals surface area contributed by atoms with Crippen LogP contribution in [0.3, 0.4) is 0 Å². The quantitative estimate of drug-likeness (QED) is 0.593. The number of thiophene rings is 1. The first-order valence-electron chi connectivity index (χ1n) is 6.51. The first-order chi connectivity index (χ1) is 9.28. The Morgan fingerprint density at radius 2 is 2.00 bits per heavy atom. The number of rotatable bonds is 7. The SMILES string of the molecule is NNC(CCCc1cccs1)Cc1ccc(Br)cc1. The number of hydrogen-bond donors (Lipinski definition) is 2. The standard InChI is InChI=1S/C15H19BrN2S/c16-13-8-6-12(7-9-13)11-14(18-17)3-1-4-15-5-2-10-19-15/h2,5-10,14,18H,1,3-4,11,17H2. The van der Waals surface area contributed by atoms with E-state index in [4.69, 9.17) is 5.84 Å². The number of nitrogens with two attached hydrogens (primary N) is 1. The van der Waals surface area contributed by atoms with Crippen LogP contribution in [0.4, 0.5) is 0 Å². The second-order valence-electron chi connectivity index (χ2n) is 4.67. The average Bonchev–Trinajstić information content (AvgIpc) is 2.93. The van der Waals surface area contributed by atoms with Gasteiger partial charge in [0, 0.05) is 15.4 Å². The van der Waals surface area contributed by atoms with Crippen LogP contribution in [0.2, 0.25) is 0 Å². The Kier molecular flexibility index (Phi) is 6.04. The van der Waals surface area contributed by atoms with Gasteiger partial charge in [-0.15, -0.1) is 11.3 Å². The van der Waals surface area contributed by atoms with Gasteiger partial charge in [-0.3, -0.25) is 11.3 Å². The van der Waals surface area contributed by atoms with E-state index in [1.54, 1.807) is 0 Å². The van der Waals surface area contributed by atoms with Gasteiger partial charge in [0.05, 0.1) is 0 Å². The molecule has 2 nitrogen and oxygen atoms in total. The van der Waals surface area contributed by atoms with E-state index in [9.17, 15) is 0 Å². The van der Waals surface area contributed by atoms with Gasteiger partial charge in [0.2, 0.25) is 0 Å². The third kappa shape index (κ3) is 5.07. The first kappa shape index (κ1) is 14.7. The highest BCUT2D eigenvalue weighted by Gasteiger charge is 2.08. The summed E-state index contributed by atoms with van der Waals surface area (Å²) >= 11 is 5.28. The smallest absolute Gasteiger partial charge is 0.0251 e. The zero-order valence-electron chi connectivity index (χ0n) is 10.8. The Morgan fingerprint density at radius 1 is 1.21 bits per heavy atom. The van der Waals surface area contributed by atoms with E-state index < -0.39 is 0 Å². The van der Waals surface area contributed by atoms with Crippen LogP contribution in [0.5, 0.6) is 0 Å². The van der Waals surface area contributed by atoms with E-state index in [2.05, 4.69) is 63.1 Å². The summed E-state index contributed by atoms with van der Waals surface area (Å²) in [6.45, 7) is 0. The lowest BCUT2D eigenvalue weighted by atomic mass is 10.0. The molecule has 2 aromatic rings. The largest absolute Gasteiger partial charge is 0.271 e. The van der Waals surface area contributed by atoms with Crippen molar-refractivity contribution < 1.29 is 0 Å². The van der Waals surface area contributed by atoms with Crippen molar-refractivity contribution in [3.05, 3.63) is 56.7 Å². The topological polar surface area (TPSA) is 38.0 Å². The number of benzene rings is 1. The van der Waals surface area contributed by atoms with Crippen LogP contribution in [-0.4, -0.2) is 6.04 Å².